The maximum Gasteiger partial charge on any atom is 0.255 e. The summed E-state index contributed by atoms with van der Waals surface area (Å²) in [5, 5.41) is 0.576. The molecule has 1 saturated heterocycles. The summed E-state index contributed by atoms with van der Waals surface area (Å²) in [6.45, 7) is 3.76. The first-order valence-corrected chi connectivity index (χ1v) is 9.75. The molecule has 2 amide bonds. The molecule has 26 heavy (non-hydrogen) atoms. The van der Waals surface area contributed by atoms with Crippen molar-refractivity contribution in [2.75, 3.05) is 26.2 Å². The van der Waals surface area contributed by atoms with E-state index in [0.717, 1.165) is 28.8 Å². The number of rotatable bonds is 4. The van der Waals surface area contributed by atoms with Crippen LogP contribution < -0.4 is 5.73 Å². The molecule has 0 spiro atoms. The fourth-order valence-electron chi connectivity index (χ4n) is 2.97. The fourth-order valence-corrected chi connectivity index (χ4v) is 3.71. The maximum absolute atomic E-state index is 12.7. The molecule has 136 valence electrons. The second-order valence-electron chi connectivity index (χ2n) is 6.25. The lowest BCUT2D eigenvalue weighted by molar-refractivity contribution is 0.0627. The summed E-state index contributed by atoms with van der Waals surface area (Å²) < 4.78 is 0.911. The largest absolute Gasteiger partial charge is 0.366 e. The summed E-state index contributed by atoms with van der Waals surface area (Å²) in [5.74, 6) is -0.387. The van der Waals surface area contributed by atoms with Crippen molar-refractivity contribution < 1.29 is 9.59 Å². The van der Waals surface area contributed by atoms with Gasteiger partial charge in [0.05, 0.1) is 5.56 Å². The molecule has 0 aliphatic carbocycles. The number of hydrogen-bond donors (Lipinski definition) is 1. The Hall–Kier alpha value is -1.64. The van der Waals surface area contributed by atoms with E-state index in [2.05, 4.69) is 27.5 Å². The van der Waals surface area contributed by atoms with E-state index in [1.807, 2.05) is 23.1 Å². The van der Waals surface area contributed by atoms with E-state index in [1.54, 1.807) is 24.3 Å². The summed E-state index contributed by atoms with van der Waals surface area (Å²) in [7, 11) is 0. The van der Waals surface area contributed by atoms with Gasteiger partial charge in [-0.3, -0.25) is 14.5 Å². The van der Waals surface area contributed by atoms with Gasteiger partial charge in [0, 0.05) is 46.9 Å². The molecule has 5 nitrogen and oxygen atoms in total. The van der Waals surface area contributed by atoms with E-state index >= 15 is 0 Å². The number of primary amides is 1. The highest BCUT2D eigenvalue weighted by Crippen LogP contribution is 2.20. The molecule has 1 aliphatic heterocycles. The van der Waals surface area contributed by atoms with Crippen molar-refractivity contribution in [3.63, 3.8) is 0 Å². The molecule has 1 heterocycles. The maximum atomic E-state index is 12.7. The van der Waals surface area contributed by atoms with Crippen LogP contribution in [0, 0.1) is 3.57 Å². The highest BCUT2D eigenvalue weighted by atomic mass is 127. The lowest BCUT2D eigenvalue weighted by atomic mass is 10.1. The molecule has 2 aromatic rings. The van der Waals surface area contributed by atoms with Crippen molar-refractivity contribution in [2.24, 2.45) is 5.73 Å². The quantitative estimate of drug-likeness (QED) is 0.680. The van der Waals surface area contributed by atoms with Gasteiger partial charge in [-0.2, -0.15) is 0 Å². The number of benzene rings is 2. The monoisotopic (exact) mass is 483 g/mol. The van der Waals surface area contributed by atoms with Crippen molar-refractivity contribution in [3.05, 3.63) is 67.7 Å². The molecule has 1 fully saturated rings. The molecule has 2 aromatic carbocycles. The number of nitrogens with zero attached hydrogens (tertiary/aromatic N) is 2. The van der Waals surface area contributed by atoms with Gasteiger partial charge in [0.1, 0.15) is 0 Å². The van der Waals surface area contributed by atoms with Gasteiger partial charge in [-0.1, -0.05) is 23.7 Å². The zero-order valence-corrected chi connectivity index (χ0v) is 17.0. The third-order valence-corrected chi connectivity index (χ3v) is 5.64. The van der Waals surface area contributed by atoms with Crippen molar-refractivity contribution in [1.82, 2.24) is 9.80 Å². The molecule has 3 rings (SSSR count). The average Bonchev–Trinajstić information content (AvgIpc) is 2.64. The van der Waals surface area contributed by atoms with Gasteiger partial charge in [-0.15, -0.1) is 0 Å². The first kappa shape index (κ1) is 19.1. The lowest BCUT2D eigenvalue weighted by Crippen LogP contribution is -2.48. The topological polar surface area (TPSA) is 66.6 Å². The van der Waals surface area contributed by atoms with Crippen LogP contribution in [0.1, 0.15) is 26.3 Å². The van der Waals surface area contributed by atoms with E-state index in [-0.39, 0.29) is 5.91 Å². The molecule has 0 radical (unpaired) electrons. The molecule has 0 bridgehead atoms. The first-order valence-electron chi connectivity index (χ1n) is 8.29. The number of hydrogen-bond acceptors (Lipinski definition) is 3. The summed E-state index contributed by atoms with van der Waals surface area (Å²) >= 11 is 8.20. The van der Waals surface area contributed by atoms with Crippen molar-refractivity contribution in [3.8, 4) is 0 Å². The van der Waals surface area contributed by atoms with Crippen molar-refractivity contribution >= 4 is 46.0 Å². The Morgan fingerprint density at radius 2 is 1.69 bits per heavy atom. The lowest BCUT2D eigenvalue weighted by Gasteiger charge is -2.35. The van der Waals surface area contributed by atoms with Gasteiger partial charge >= 0.3 is 0 Å². The van der Waals surface area contributed by atoms with Crippen LogP contribution in [0.25, 0.3) is 0 Å². The second-order valence-corrected chi connectivity index (χ2v) is 7.85. The molecule has 0 aromatic heterocycles. The van der Waals surface area contributed by atoms with Crippen LogP contribution in [-0.4, -0.2) is 47.8 Å². The van der Waals surface area contributed by atoms with Gasteiger partial charge in [0.15, 0.2) is 0 Å². The van der Waals surface area contributed by atoms with Crippen LogP contribution in [0.3, 0.4) is 0 Å². The minimum Gasteiger partial charge on any atom is -0.366 e. The van der Waals surface area contributed by atoms with Crippen LogP contribution in [-0.2, 0) is 6.54 Å². The molecule has 0 unspecified atom stereocenters. The second kappa shape index (κ2) is 8.37. The molecule has 0 atom stereocenters. The molecule has 0 saturated carbocycles. The van der Waals surface area contributed by atoms with Gasteiger partial charge in [-0.25, -0.2) is 0 Å². The molecule has 2 N–H and O–H groups in total. The summed E-state index contributed by atoms with van der Waals surface area (Å²) in [4.78, 5) is 28.0. The summed E-state index contributed by atoms with van der Waals surface area (Å²) in [6, 6.07) is 12.7. The molecular formula is C19H19ClIN3O2. The van der Waals surface area contributed by atoms with Crippen LogP contribution >= 0.6 is 34.2 Å². The standard InChI is InChI=1S/C19H19ClIN3O2/c20-15-5-6-17(21)16(11-15)19(26)24-9-7-23(8-10-24)12-13-1-3-14(4-2-13)18(22)25/h1-6,11H,7-10,12H2,(H2,22,25). The van der Waals surface area contributed by atoms with E-state index in [4.69, 9.17) is 17.3 Å². The van der Waals surface area contributed by atoms with Crippen LogP contribution in [0.2, 0.25) is 5.02 Å². The first-order chi connectivity index (χ1) is 12.4. The molecule has 7 heteroatoms. The Morgan fingerprint density at radius 1 is 1.04 bits per heavy atom. The molecular weight excluding hydrogens is 465 g/mol. The predicted octanol–water partition coefficient (Wildman–Crippen LogP) is 3.00. The zero-order valence-electron chi connectivity index (χ0n) is 14.1. The predicted molar refractivity (Wildman–Crippen MR) is 110 cm³/mol. The number of carbonyl (C=O) groups excluding carboxylic acids is 2. The van der Waals surface area contributed by atoms with E-state index in [0.29, 0.717) is 29.2 Å². The van der Waals surface area contributed by atoms with E-state index in [1.165, 1.54) is 0 Å². The smallest absolute Gasteiger partial charge is 0.255 e. The summed E-state index contributed by atoms with van der Waals surface area (Å²) in [6.07, 6.45) is 0. The van der Waals surface area contributed by atoms with Gasteiger partial charge in [-0.05, 0) is 58.5 Å². The number of halogens is 2. The zero-order chi connectivity index (χ0) is 18.7. The Bertz CT molecular complexity index is 818. The minimum atomic E-state index is -0.417. The molecule has 1 aliphatic rings. The average molecular weight is 484 g/mol. The Morgan fingerprint density at radius 3 is 2.31 bits per heavy atom. The third kappa shape index (κ3) is 4.55. The highest BCUT2D eigenvalue weighted by Gasteiger charge is 2.23. The minimum absolute atomic E-state index is 0.0300. The summed E-state index contributed by atoms with van der Waals surface area (Å²) in [5.41, 5.74) is 7.56. The van der Waals surface area contributed by atoms with Crippen LogP contribution in [0.4, 0.5) is 0 Å². The van der Waals surface area contributed by atoms with Crippen molar-refractivity contribution in [2.45, 2.75) is 6.54 Å². The van der Waals surface area contributed by atoms with Gasteiger partial charge in [0.2, 0.25) is 5.91 Å². The fraction of sp³-hybridized carbons (Fsp3) is 0.263. The van der Waals surface area contributed by atoms with E-state index < -0.39 is 5.91 Å². The Labute approximate surface area is 171 Å². The number of carbonyl (C=O) groups is 2. The Kier molecular flexibility index (Phi) is 6.16. The van der Waals surface area contributed by atoms with Crippen LogP contribution in [0.15, 0.2) is 42.5 Å². The highest BCUT2D eigenvalue weighted by molar-refractivity contribution is 14.1. The van der Waals surface area contributed by atoms with Crippen LogP contribution in [0.5, 0.6) is 0 Å². The number of piperazine rings is 1. The SMILES string of the molecule is NC(=O)c1ccc(CN2CCN(C(=O)c3cc(Cl)ccc3I)CC2)cc1. The van der Waals surface area contributed by atoms with E-state index in [9.17, 15) is 9.59 Å². The van der Waals surface area contributed by atoms with Gasteiger partial charge < -0.3 is 10.6 Å². The number of amides is 2. The van der Waals surface area contributed by atoms with Crippen molar-refractivity contribution in [1.29, 1.82) is 0 Å². The number of nitrogens with two attached hydrogens (primary N) is 1. The van der Waals surface area contributed by atoms with Gasteiger partial charge in [0.25, 0.3) is 5.91 Å². The normalized spacial score (nSPS) is 15.1. The Balaban J connectivity index is 1.57. The third-order valence-electron chi connectivity index (χ3n) is 4.46.